The molecule has 0 aliphatic carbocycles. The minimum atomic E-state index is 0.678. The Morgan fingerprint density at radius 2 is 2.42 bits per heavy atom. The van der Waals surface area contributed by atoms with E-state index in [9.17, 15) is 0 Å². The van der Waals surface area contributed by atoms with Crippen LogP contribution in [0.1, 0.15) is 19.8 Å². The van der Waals surface area contributed by atoms with Gasteiger partial charge < -0.3 is 5.32 Å². The minimum Gasteiger partial charge on any atom is -0.314 e. The Labute approximate surface area is 75.6 Å². The van der Waals surface area contributed by atoms with Crippen molar-refractivity contribution in [1.29, 1.82) is 0 Å². The van der Waals surface area contributed by atoms with Crippen LogP contribution in [0.3, 0.4) is 0 Å². The normalized spacial score (nSPS) is 27.6. The fourth-order valence-electron chi connectivity index (χ4n) is 1.61. The molecule has 1 rings (SSSR count). The molecule has 0 aromatic rings. The first-order valence-corrected chi connectivity index (χ1v) is 4.89. The summed E-state index contributed by atoms with van der Waals surface area (Å²) >= 11 is 0. The first-order chi connectivity index (χ1) is 5.83. The predicted octanol–water partition coefficient (Wildman–Crippen LogP) is 1.25. The molecule has 12 heavy (non-hydrogen) atoms. The van der Waals surface area contributed by atoms with Gasteiger partial charge in [-0.15, -0.1) is 6.58 Å². The summed E-state index contributed by atoms with van der Waals surface area (Å²) in [6, 6.07) is 0.678. The standard InChI is InChI=1S/C10H20N2/c1-3-7-12-8-4-6-11-10(2)5-9-12/h3,10-11H,1,4-9H2,2H3. The van der Waals surface area contributed by atoms with E-state index in [4.69, 9.17) is 0 Å². The zero-order chi connectivity index (χ0) is 8.81. The van der Waals surface area contributed by atoms with E-state index in [1.54, 1.807) is 0 Å². The summed E-state index contributed by atoms with van der Waals surface area (Å²) in [6.45, 7) is 10.7. The second kappa shape index (κ2) is 5.33. The van der Waals surface area contributed by atoms with Gasteiger partial charge in [-0.2, -0.15) is 0 Å². The number of rotatable bonds is 2. The summed E-state index contributed by atoms with van der Waals surface area (Å²) < 4.78 is 0. The van der Waals surface area contributed by atoms with E-state index in [1.807, 2.05) is 6.08 Å². The molecule has 1 N–H and O–H groups in total. The highest BCUT2D eigenvalue weighted by molar-refractivity contribution is 4.76. The van der Waals surface area contributed by atoms with Crippen LogP contribution in [0, 0.1) is 0 Å². The molecule has 1 aliphatic rings. The molecule has 1 saturated heterocycles. The van der Waals surface area contributed by atoms with Crippen molar-refractivity contribution < 1.29 is 0 Å². The molecule has 0 spiro atoms. The van der Waals surface area contributed by atoms with Crippen molar-refractivity contribution in [2.75, 3.05) is 26.2 Å². The molecule has 2 nitrogen and oxygen atoms in total. The van der Waals surface area contributed by atoms with Crippen molar-refractivity contribution >= 4 is 0 Å². The van der Waals surface area contributed by atoms with Gasteiger partial charge in [-0.1, -0.05) is 6.08 Å². The molecule has 0 bridgehead atoms. The molecule has 1 unspecified atom stereocenters. The van der Waals surface area contributed by atoms with Crippen LogP contribution in [0.5, 0.6) is 0 Å². The summed E-state index contributed by atoms with van der Waals surface area (Å²) in [7, 11) is 0. The first kappa shape index (κ1) is 9.75. The maximum atomic E-state index is 3.77. The van der Waals surface area contributed by atoms with Gasteiger partial charge in [0.25, 0.3) is 0 Å². The van der Waals surface area contributed by atoms with Crippen molar-refractivity contribution in [3.8, 4) is 0 Å². The Morgan fingerprint density at radius 3 is 3.17 bits per heavy atom. The van der Waals surface area contributed by atoms with Crippen LogP contribution < -0.4 is 5.32 Å². The molecule has 0 aromatic heterocycles. The highest BCUT2D eigenvalue weighted by atomic mass is 15.1. The van der Waals surface area contributed by atoms with Crippen LogP contribution in [0.2, 0.25) is 0 Å². The third-order valence-corrected chi connectivity index (χ3v) is 2.41. The summed E-state index contributed by atoms with van der Waals surface area (Å²) in [4.78, 5) is 2.48. The Kier molecular flexibility index (Phi) is 4.33. The van der Waals surface area contributed by atoms with Gasteiger partial charge in [-0.3, -0.25) is 4.90 Å². The first-order valence-electron chi connectivity index (χ1n) is 4.89. The van der Waals surface area contributed by atoms with E-state index in [0.29, 0.717) is 6.04 Å². The Bertz CT molecular complexity index is 134. The summed E-state index contributed by atoms with van der Waals surface area (Å²) in [6.07, 6.45) is 4.52. The summed E-state index contributed by atoms with van der Waals surface area (Å²) in [5.74, 6) is 0. The average Bonchev–Trinajstić information content (AvgIpc) is 2.04. The molecule has 70 valence electrons. The molecule has 0 amide bonds. The molecule has 1 aliphatic heterocycles. The summed E-state index contributed by atoms with van der Waals surface area (Å²) in [5, 5.41) is 3.49. The average molecular weight is 168 g/mol. The van der Waals surface area contributed by atoms with Crippen LogP contribution in [-0.2, 0) is 0 Å². The number of nitrogens with zero attached hydrogens (tertiary/aromatic N) is 1. The number of hydrogen-bond donors (Lipinski definition) is 1. The fourth-order valence-corrected chi connectivity index (χ4v) is 1.61. The molecular weight excluding hydrogens is 148 g/mol. The van der Waals surface area contributed by atoms with Gasteiger partial charge in [0.1, 0.15) is 0 Å². The van der Waals surface area contributed by atoms with Crippen molar-refractivity contribution in [2.24, 2.45) is 0 Å². The van der Waals surface area contributed by atoms with Crippen LogP contribution in [0.4, 0.5) is 0 Å². The second-order valence-electron chi connectivity index (χ2n) is 3.59. The van der Waals surface area contributed by atoms with Gasteiger partial charge in [-0.25, -0.2) is 0 Å². The monoisotopic (exact) mass is 168 g/mol. The molecule has 0 radical (unpaired) electrons. The van der Waals surface area contributed by atoms with Gasteiger partial charge in [0.05, 0.1) is 0 Å². The predicted molar refractivity (Wildman–Crippen MR) is 53.3 cm³/mol. The van der Waals surface area contributed by atoms with Gasteiger partial charge in [0.2, 0.25) is 0 Å². The summed E-state index contributed by atoms with van der Waals surface area (Å²) in [5.41, 5.74) is 0. The fraction of sp³-hybridized carbons (Fsp3) is 0.800. The topological polar surface area (TPSA) is 15.3 Å². The highest BCUT2D eigenvalue weighted by Crippen LogP contribution is 2.01. The van der Waals surface area contributed by atoms with Gasteiger partial charge in [-0.05, 0) is 39.4 Å². The van der Waals surface area contributed by atoms with E-state index in [0.717, 1.165) is 13.1 Å². The highest BCUT2D eigenvalue weighted by Gasteiger charge is 2.09. The molecule has 0 aromatic carbocycles. The van der Waals surface area contributed by atoms with Crippen LogP contribution >= 0.6 is 0 Å². The Hall–Kier alpha value is -0.340. The third kappa shape index (κ3) is 3.37. The van der Waals surface area contributed by atoms with Crippen molar-refractivity contribution in [1.82, 2.24) is 10.2 Å². The SMILES string of the molecule is C=CCN1CCCNC(C)CC1. The zero-order valence-electron chi connectivity index (χ0n) is 8.05. The molecule has 2 heteroatoms. The van der Waals surface area contributed by atoms with E-state index < -0.39 is 0 Å². The van der Waals surface area contributed by atoms with E-state index in [2.05, 4.69) is 23.7 Å². The lowest BCUT2D eigenvalue weighted by molar-refractivity contribution is 0.258. The molecule has 0 saturated carbocycles. The molecule has 1 atom stereocenters. The van der Waals surface area contributed by atoms with Crippen LogP contribution in [-0.4, -0.2) is 37.1 Å². The van der Waals surface area contributed by atoms with E-state index in [1.165, 1.54) is 25.9 Å². The van der Waals surface area contributed by atoms with Crippen molar-refractivity contribution in [3.05, 3.63) is 12.7 Å². The number of hydrogen-bond acceptors (Lipinski definition) is 2. The van der Waals surface area contributed by atoms with E-state index >= 15 is 0 Å². The Balaban J connectivity index is 2.28. The van der Waals surface area contributed by atoms with Crippen molar-refractivity contribution in [2.45, 2.75) is 25.8 Å². The van der Waals surface area contributed by atoms with Gasteiger partial charge in [0, 0.05) is 12.6 Å². The lowest BCUT2D eigenvalue weighted by atomic mass is 10.2. The lowest BCUT2D eigenvalue weighted by Gasteiger charge is -2.26. The smallest absolute Gasteiger partial charge is 0.0160 e. The minimum absolute atomic E-state index is 0.678. The third-order valence-electron chi connectivity index (χ3n) is 2.41. The largest absolute Gasteiger partial charge is 0.314 e. The molecule has 1 fully saturated rings. The Morgan fingerprint density at radius 1 is 1.58 bits per heavy atom. The lowest BCUT2D eigenvalue weighted by Crippen LogP contribution is -2.38. The van der Waals surface area contributed by atoms with E-state index in [-0.39, 0.29) is 0 Å². The van der Waals surface area contributed by atoms with Gasteiger partial charge in [0.15, 0.2) is 0 Å². The van der Waals surface area contributed by atoms with Crippen LogP contribution in [0.15, 0.2) is 12.7 Å². The molecular formula is C10H20N2. The maximum absolute atomic E-state index is 3.77. The van der Waals surface area contributed by atoms with Gasteiger partial charge >= 0.3 is 0 Å². The van der Waals surface area contributed by atoms with Crippen LogP contribution in [0.25, 0.3) is 0 Å². The maximum Gasteiger partial charge on any atom is 0.0160 e. The zero-order valence-corrected chi connectivity index (χ0v) is 8.05. The quantitative estimate of drug-likeness (QED) is 0.624. The van der Waals surface area contributed by atoms with Crippen molar-refractivity contribution in [3.63, 3.8) is 0 Å². The molecule has 1 heterocycles. The number of nitrogens with one attached hydrogen (secondary N) is 1. The second-order valence-corrected chi connectivity index (χ2v) is 3.59.